The van der Waals surface area contributed by atoms with Crippen molar-refractivity contribution < 1.29 is 14.7 Å². The van der Waals surface area contributed by atoms with Crippen LogP contribution < -0.4 is 0 Å². The van der Waals surface area contributed by atoms with Crippen molar-refractivity contribution in [2.75, 3.05) is 0 Å². The summed E-state index contributed by atoms with van der Waals surface area (Å²) in [6, 6.07) is 7.96. The van der Waals surface area contributed by atoms with Gasteiger partial charge in [0.05, 0.1) is 6.42 Å². The van der Waals surface area contributed by atoms with Gasteiger partial charge in [0.2, 0.25) is 5.24 Å². The van der Waals surface area contributed by atoms with Crippen LogP contribution in [0.4, 0.5) is 0 Å². The summed E-state index contributed by atoms with van der Waals surface area (Å²) in [6.45, 7) is 0. The minimum Gasteiger partial charge on any atom is -0.375 e. The van der Waals surface area contributed by atoms with E-state index in [1.54, 1.807) is 18.2 Å². The monoisotopic (exact) mass is 246 g/mol. The van der Waals surface area contributed by atoms with Crippen LogP contribution >= 0.6 is 23.2 Å². The van der Waals surface area contributed by atoms with E-state index in [1.165, 1.54) is 12.1 Å². The Labute approximate surface area is 96.6 Å². The van der Waals surface area contributed by atoms with E-state index < -0.39 is 22.5 Å². The molecule has 0 aromatic heterocycles. The van der Waals surface area contributed by atoms with Crippen molar-refractivity contribution >= 4 is 33.7 Å². The summed E-state index contributed by atoms with van der Waals surface area (Å²) in [6.07, 6.45) is -0.541. The Hall–Kier alpha value is -0.900. The summed E-state index contributed by atoms with van der Waals surface area (Å²) in [7, 11) is 0. The van der Waals surface area contributed by atoms with Crippen molar-refractivity contribution in [3.8, 4) is 0 Å². The number of rotatable bonds is 4. The molecule has 1 aromatic carbocycles. The maximum absolute atomic E-state index is 11.1. The third-order valence-electron chi connectivity index (χ3n) is 1.97. The van der Waals surface area contributed by atoms with Crippen LogP contribution in [-0.2, 0) is 15.2 Å². The molecule has 0 fully saturated rings. The zero-order valence-electron chi connectivity index (χ0n) is 7.61. The van der Waals surface area contributed by atoms with Crippen molar-refractivity contribution in [1.29, 1.82) is 0 Å². The van der Waals surface area contributed by atoms with Crippen molar-refractivity contribution in [3.05, 3.63) is 35.9 Å². The predicted octanol–water partition coefficient (Wildman–Crippen LogP) is 1.80. The minimum atomic E-state index is -2.04. The van der Waals surface area contributed by atoms with Gasteiger partial charge < -0.3 is 5.11 Å². The van der Waals surface area contributed by atoms with Crippen LogP contribution in [0.1, 0.15) is 12.0 Å². The number of carbonyl (C=O) groups is 2. The van der Waals surface area contributed by atoms with Gasteiger partial charge in [-0.2, -0.15) is 0 Å². The lowest BCUT2D eigenvalue weighted by Gasteiger charge is -2.22. The second-order valence-electron chi connectivity index (χ2n) is 3.03. The molecule has 0 radical (unpaired) electrons. The van der Waals surface area contributed by atoms with Gasteiger partial charge in [-0.25, -0.2) is 0 Å². The lowest BCUT2D eigenvalue weighted by Crippen LogP contribution is -2.34. The van der Waals surface area contributed by atoms with Gasteiger partial charge in [0.25, 0.3) is 5.24 Å². The van der Waals surface area contributed by atoms with Crippen LogP contribution in [0.2, 0.25) is 0 Å². The molecule has 0 aliphatic carbocycles. The summed E-state index contributed by atoms with van der Waals surface area (Å²) < 4.78 is 0. The fourth-order valence-corrected chi connectivity index (χ4v) is 1.57. The van der Waals surface area contributed by atoms with E-state index in [-0.39, 0.29) is 5.56 Å². The van der Waals surface area contributed by atoms with E-state index >= 15 is 0 Å². The highest BCUT2D eigenvalue weighted by atomic mass is 35.5. The Balaban J connectivity index is 3.13. The molecule has 3 nitrogen and oxygen atoms in total. The Morgan fingerprint density at radius 2 is 1.73 bits per heavy atom. The zero-order chi connectivity index (χ0) is 11.5. The van der Waals surface area contributed by atoms with Gasteiger partial charge in [-0.05, 0) is 28.8 Å². The number of halogens is 2. The molecule has 5 heteroatoms. The molecule has 1 N–H and O–H groups in total. The van der Waals surface area contributed by atoms with Crippen molar-refractivity contribution in [1.82, 2.24) is 0 Å². The molecule has 1 atom stereocenters. The number of carbonyl (C=O) groups excluding carboxylic acids is 2. The molecule has 80 valence electrons. The molecule has 0 bridgehead atoms. The molecule has 0 saturated heterocycles. The summed E-state index contributed by atoms with van der Waals surface area (Å²) in [5.74, 6) is 0. The predicted molar refractivity (Wildman–Crippen MR) is 56.7 cm³/mol. The number of hydrogen-bond donors (Lipinski definition) is 1. The standard InChI is InChI=1S/C10H8Cl2O3/c11-8(13)6-10(15,9(12)14)7-4-2-1-3-5-7/h1-5,15H,6H2. The highest BCUT2D eigenvalue weighted by Gasteiger charge is 2.38. The SMILES string of the molecule is O=C(Cl)CC(O)(C(=O)Cl)c1ccccc1. The molecule has 1 rings (SSSR count). The molecule has 1 unspecified atom stereocenters. The average molecular weight is 247 g/mol. The Kier molecular flexibility index (Phi) is 3.85. The third kappa shape index (κ3) is 2.78. The summed E-state index contributed by atoms with van der Waals surface area (Å²) in [5, 5.41) is 8.09. The van der Waals surface area contributed by atoms with Crippen molar-refractivity contribution in [3.63, 3.8) is 0 Å². The maximum atomic E-state index is 11.1. The fraction of sp³-hybridized carbons (Fsp3) is 0.200. The molecule has 15 heavy (non-hydrogen) atoms. The highest BCUT2D eigenvalue weighted by Crippen LogP contribution is 2.28. The van der Waals surface area contributed by atoms with E-state index in [1.807, 2.05) is 0 Å². The van der Waals surface area contributed by atoms with Gasteiger partial charge in [0.1, 0.15) is 0 Å². The maximum Gasteiger partial charge on any atom is 0.258 e. The average Bonchev–Trinajstić information content (AvgIpc) is 2.17. The Morgan fingerprint density at radius 3 is 2.13 bits per heavy atom. The molecular formula is C10H8Cl2O3. The first-order valence-corrected chi connectivity index (χ1v) is 4.88. The van der Waals surface area contributed by atoms with Crippen molar-refractivity contribution in [2.45, 2.75) is 12.0 Å². The summed E-state index contributed by atoms with van der Waals surface area (Å²) in [5.41, 5.74) is -1.79. The van der Waals surface area contributed by atoms with Gasteiger partial charge in [0, 0.05) is 0 Å². The van der Waals surface area contributed by atoms with Crippen molar-refractivity contribution in [2.24, 2.45) is 0 Å². The Morgan fingerprint density at radius 1 is 1.20 bits per heavy atom. The quantitative estimate of drug-likeness (QED) is 0.825. The summed E-state index contributed by atoms with van der Waals surface area (Å²) in [4.78, 5) is 21.8. The lowest BCUT2D eigenvalue weighted by atomic mass is 9.92. The fourth-order valence-electron chi connectivity index (χ4n) is 1.20. The second-order valence-corrected chi connectivity index (χ2v) is 3.80. The Bertz CT molecular complexity index is 378. The largest absolute Gasteiger partial charge is 0.375 e. The first-order chi connectivity index (χ1) is 6.97. The highest BCUT2D eigenvalue weighted by molar-refractivity contribution is 6.67. The number of aliphatic hydroxyl groups is 1. The smallest absolute Gasteiger partial charge is 0.258 e. The van der Waals surface area contributed by atoms with Gasteiger partial charge in [-0.3, -0.25) is 9.59 Å². The van der Waals surface area contributed by atoms with Crippen LogP contribution in [0.5, 0.6) is 0 Å². The van der Waals surface area contributed by atoms with E-state index in [2.05, 4.69) is 0 Å². The van der Waals surface area contributed by atoms with Crippen LogP contribution in [0, 0.1) is 0 Å². The van der Waals surface area contributed by atoms with Crippen LogP contribution in [0.25, 0.3) is 0 Å². The molecule has 0 aliphatic heterocycles. The second kappa shape index (κ2) is 4.75. The normalized spacial score (nSPS) is 14.3. The van der Waals surface area contributed by atoms with E-state index in [0.717, 1.165) is 0 Å². The van der Waals surface area contributed by atoms with E-state index in [9.17, 15) is 14.7 Å². The minimum absolute atomic E-state index is 0.249. The van der Waals surface area contributed by atoms with Gasteiger partial charge in [0.15, 0.2) is 5.60 Å². The first-order valence-electron chi connectivity index (χ1n) is 4.13. The third-order valence-corrected chi connectivity index (χ3v) is 2.42. The number of benzene rings is 1. The topological polar surface area (TPSA) is 54.4 Å². The number of hydrogen-bond acceptors (Lipinski definition) is 3. The first kappa shape index (κ1) is 12.2. The van der Waals surface area contributed by atoms with Gasteiger partial charge in [-0.1, -0.05) is 30.3 Å². The van der Waals surface area contributed by atoms with Crippen LogP contribution in [0.15, 0.2) is 30.3 Å². The van der Waals surface area contributed by atoms with Gasteiger partial charge in [-0.15, -0.1) is 0 Å². The van der Waals surface area contributed by atoms with Gasteiger partial charge >= 0.3 is 0 Å². The molecule has 0 aliphatic rings. The molecule has 0 amide bonds. The van der Waals surface area contributed by atoms with Crippen LogP contribution in [0.3, 0.4) is 0 Å². The lowest BCUT2D eigenvalue weighted by molar-refractivity contribution is -0.134. The van der Waals surface area contributed by atoms with E-state index in [0.29, 0.717) is 0 Å². The molecule has 0 spiro atoms. The molecular weight excluding hydrogens is 239 g/mol. The molecule has 0 saturated carbocycles. The molecule has 0 heterocycles. The summed E-state index contributed by atoms with van der Waals surface area (Å²) >= 11 is 10.4. The molecule has 1 aromatic rings. The zero-order valence-corrected chi connectivity index (χ0v) is 9.13. The van der Waals surface area contributed by atoms with Crippen LogP contribution in [-0.4, -0.2) is 15.6 Å². The van der Waals surface area contributed by atoms with E-state index in [4.69, 9.17) is 23.2 Å².